The van der Waals surface area contributed by atoms with E-state index in [1.54, 1.807) is 7.05 Å². The molecule has 1 atom stereocenters. The lowest BCUT2D eigenvalue weighted by Gasteiger charge is -2.15. The van der Waals surface area contributed by atoms with Crippen LogP contribution in [0.2, 0.25) is 0 Å². The van der Waals surface area contributed by atoms with E-state index in [4.69, 9.17) is 0 Å². The number of hydrogen-bond acceptors (Lipinski definition) is 5. The van der Waals surface area contributed by atoms with E-state index in [9.17, 15) is 0 Å². The lowest BCUT2D eigenvalue weighted by Crippen LogP contribution is -2.33. The molecule has 2 rings (SSSR count). The molecule has 1 N–H and O–H groups in total. The van der Waals surface area contributed by atoms with Crippen LogP contribution in [0.25, 0.3) is 0 Å². The van der Waals surface area contributed by atoms with Crippen LogP contribution in [-0.2, 0) is 19.9 Å². The Morgan fingerprint density at radius 1 is 1.33 bits per heavy atom. The van der Waals surface area contributed by atoms with Crippen LogP contribution >= 0.6 is 0 Å². The maximum Gasteiger partial charge on any atom is 0.176 e. The molecule has 0 aliphatic carbocycles. The zero-order valence-corrected chi connectivity index (χ0v) is 10.7. The van der Waals surface area contributed by atoms with Crippen LogP contribution in [0.4, 0.5) is 0 Å². The van der Waals surface area contributed by atoms with E-state index < -0.39 is 0 Å². The van der Waals surface area contributed by atoms with Crippen molar-refractivity contribution in [2.45, 2.75) is 25.8 Å². The van der Waals surface area contributed by atoms with Gasteiger partial charge in [0.05, 0.1) is 7.05 Å². The Bertz CT molecular complexity index is 466. The predicted molar refractivity (Wildman–Crippen MR) is 67.9 cm³/mol. The third-order valence-corrected chi connectivity index (χ3v) is 2.65. The van der Waals surface area contributed by atoms with Crippen molar-refractivity contribution in [2.24, 2.45) is 7.05 Å². The highest BCUT2D eigenvalue weighted by molar-refractivity contribution is 5.06. The molecule has 96 valence electrons. The quantitative estimate of drug-likeness (QED) is 0.797. The zero-order chi connectivity index (χ0) is 12.8. The zero-order valence-electron chi connectivity index (χ0n) is 10.7. The SMILES string of the molecule is CCNC(Cc1ccccn1)Cc1nnn(C)n1. The summed E-state index contributed by atoms with van der Waals surface area (Å²) in [6.07, 6.45) is 3.45. The molecule has 0 bridgehead atoms. The Labute approximate surface area is 106 Å². The van der Waals surface area contributed by atoms with Gasteiger partial charge < -0.3 is 5.32 Å². The van der Waals surface area contributed by atoms with Gasteiger partial charge in [-0.05, 0) is 23.9 Å². The van der Waals surface area contributed by atoms with Crippen LogP contribution in [0.1, 0.15) is 18.4 Å². The maximum absolute atomic E-state index is 4.35. The van der Waals surface area contributed by atoms with Crippen molar-refractivity contribution in [1.29, 1.82) is 0 Å². The molecule has 2 aromatic heterocycles. The first-order valence-electron chi connectivity index (χ1n) is 6.14. The van der Waals surface area contributed by atoms with Crippen LogP contribution in [0.5, 0.6) is 0 Å². The van der Waals surface area contributed by atoms with Gasteiger partial charge >= 0.3 is 0 Å². The van der Waals surface area contributed by atoms with Gasteiger partial charge in [0.25, 0.3) is 0 Å². The summed E-state index contributed by atoms with van der Waals surface area (Å²) in [4.78, 5) is 5.83. The highest BCUT2D eigenvalue weighted by Crippen LogP contribution is 2.03. The first-order valence-corrected chi connectivity index (χ1v) is 6.14. The van der Waals surface area contributed by atoms with Gasteiger partial charge in [0.15, 0.2) is 5.82 Å². The van der Waals surface area contributed by atoms with Crippen molar-refractivity contribution in [3.05, 3.63) is 35.9 Å². The molecule has 0 fully saturated rings. The highest BCUT2D eigenvalue weighted by atomic mass is 15.6. The maximum atomic E-state index is 4.35. The van der Waals surface area contributed by atoms with E-state index in [-0.39, 0.29) is 6.04 Å². The van der Waals surface area contributed by atoms with Crippen LogP contribution in [0.3, 0.4) is 0 Å². The Kier molecular flexibility index (Phi) is 4.35. The number of nitrogens with zero attached hydrogens (tertiary/aromatic N) is 5. The summed E-state index contributed by atoms with van der Waals surface area (Å²) in [6.45, 7) is 3.01. The second-order valence-corrected chi connectivity index (χ2v) is 4.18. The van der Waals surface area contributed by atoms with Crippen LogP contribution in [-0.4, -0.2) is 37.8 Å². The molecule has 0 spiro atoms. The Morgan fingerprint density at radius 3 is 2.83 bits per heavy atom. The minimum absolute atomic E-state index is 0.286. The van der Waals surface area contributed by atoms with Gasteiger partial charge in [-0.1, -0.05) is 13.0 Å². The van der Waals surface area contributed by atoms with Gasteiger partial charge in [-0.15, -0.1) is 10.2 Å². The van der Waals surface area contributed by atoms with Crippen molar-refractivity contribution in [2.75, 3.05) is 6.54 Å². The molecule has 6 nitrogen and oxygen atoms in total. The second-order valence-electron chi connectivity index (χ2n) is 4.18. The fraction of sp³-hybridized carbons (Fsp3) is 0.500. The third kappa shape index (κ3) is 3.59. The molecule has 0 amide bonds. The van der Waals surface area contributed by atoms with E-state index in [1.165, 1.54) is 4.80 Å². The Morgan fingerprint density at radius 2 is 2.22 bits per heavy atom. The minimum atomic E-state index is 0.286. The number of aromatic nitrogens is 5. The predicted octanol–water partition coefficient (Wildman–Crippen LogP) is 0.368. The molecule has 2 heterocycles. The molecular weight excluding hydrogens is 228 g/mol. The van der Waals surface area contributed by atoms with Gasteiger partial charge in [-0.3, -0.25) is 4.98 Å². The molecule has 0 saturated heterocycles. The van der Waals surface area contributed by atoms with E-state index in [2.05, 4.69) is 32.6 Å². The smallest absolute Gasteiger partial charge is 0.176 e. The summed E-state index contributed by atoms with van der Waals surface area (Å²) in [7, 11) is 1.78. The monoisotopic (exact) mass is 246 g/mol. The standard InChI is InChI=1S/C12H18N6/c1-3-13-11(8-10-6-4-5-7-14-10)9-12-15-17-18(2)16-12/h4-7,11,13H,3,8-9H2,1-2H3. The number of aryl methyl sites for hydroxylation is 1. The van der Waals surface area contributed by atoms with Gasteiger partial charge in [0.2, 0.25) is 0 Å². The molecule has 0 aromatic carbocycles. The molecule has 0 aliphatic rings. The van der Waals surface area contributed by atoms with E-state index in [0.29, 0.717) is 0 Å². The number of nitrogens with one attached hydrogen (secondary N) is 1. The summed E-state index contributed by atoms with van der Waals surface area (Å²) in [5, 5.41) is 15.5. The van der Waals surface area contributed by atoms with Crippen molar-refractivity contribution in [1.82, 2.24) is 30.5 Å². The first-order chi connectivity index (χ1) is 8.78. The van der Waals surface area contributed by atoms with Gasteiger partial charge in [0, 0.05) is 30.8 Å². The summed E-state index contributed by atoms with van der Waals surface area (Å²) in [5.74, 6) is 0.763. The summed E-state index contributed by atoms with van der Waals surface area (Å²) in [5.41, 5.74) is 1.08. The normalized spacial score (nSPS) is 12.6. The van der Waals surface area contributed by atoms with Crippen molar-refractivity contribution in [3.63, 3.8) is 0 Å². The number of pyridine rings is 1. The summed E-state index contributed by atoms with van der Waals surface area (Å²) < 4.78 is 0. The van der Waals surface area contributed by atoms with E-state index in [0.717, 1.165) is 30.9 Å². The van der Waals surface area contributed by atoms with Gasteiger partial charge in [-0.25, -0.2) is 0 Å². The molecule has 0 radical (unpaired) electrons. The van der Waals surface area contributed by atoms with Crippen molar-refractivity contribution in [3.8, 4) is 0 Å². The van der Waals surface area contributed by atoms with Gasteiger partial charge in [0.1, 0.15) is 0 Å². The molecular formula is C12H18N6. The number of hydrogen-bond donors (Lipinski definition) is 1. The van der Waals surface area contributed by atoms with E-state index >= 15 is 0 Å². The Balaban J connectivity index is 1.99. The molecule has 18 heavy (non-hydrogen) atoms. The van der Waals surface area contributed by atoms with Crippen LogP contribution in [0, 0.1) is 0 Å². The fourth-order valence-corrected chi connectivity index (χ4v) is 1.90. The third-order valence-electron chi connectivity index (χ3n) is 2.65. The Hall–Kier alpha value is -1.82. The van der Waals surface area contributed by atoms with E-state index in [1.807, 2.05) is 24.4 Å². The number of tetrazole rings is 1. The highest BCUT2D eigenvalue weighted by Gasteiger charge is 2.13. The van der Waals surface area contributed by atoms with Crippen molar-refractivity contribution < 1.29 is 0 Å². The average Bonchev–Trinajstić information content (AvgIpc) is 2.76. The van der Waals surface area contributed by atoms with Gasteiger partial charge in [-0.2, -0.15) is 4.80 Å². The molecule has 6 heteroatoms. The molecule has 2 aromatic rings. The van der Waals surface area contributed by atoms with Crippen molar-refractivity contribution >= 4 is 0 Å². The summed E-state index contributed by atoms with van der Waals surface area (Å²) >= 11 is 0. The fourth-order valence-electron chi connectivity index (χ4n) is 1.90. The van der Waals surface area contributed by atoms with Crippen LogP contribution in [0.15, 0.2) is 24.4 Å². The second kappa shape index (κ2) is 6.20. The molecule has 0 saturated carbocycles. The number of likely N-dealkylation sites (N-methyl/N-ethyl adjacent to an activating group) is 1. The topological polar surface area (TPSA) is 68.5 Å². The number of rotatable bonds is 6. The summed E-state index contributed by atoms with van der Waals surface area (Å²) in [6, 6.07) is 6.25. The lowest BCUT2D eigenvalue weighted by molar-refractivity contribution is 0.504. The minimum Gasteiger partial charge on any atom is -0.313 e. The average molecular weight is 246 g/mol. The van der Waals surface area contributed by atoms with Crippen LogP contribution < -0.4 is 5.32 Å². The largest absolute Gasteiger partial charge is 0.313 e. The molecule has 0 aliphatic heterocycles. The lowest BCUT2D eigenvalue weighted by atomic mass is 10.1. The first kappa shape index (κ1) is 12.6. The molecule has 1 unspecified atom stereocenters.